The van der Waals surface area contributed by atoms with Crippen LogP contribution in [0.1, 0.15) is 65.2 Å². The second-order valence-electron chi connectivity index (χ2n) is 10.6. The van der Waals surface area contributed by atoms with Gasteiger partial charge in [0.05, 0.1) is 11.8 Å². The molecule has 0 spiro atoms. The third kappa shape index (κ3) is 4.09. The lowest BCUT2D eigenvalue weighted by Crippen LogP contribution is -2.51. The number of hydrogen-bond donors (Lipinski definition) is 4. The summed E-state index contributed by atoms with van der Waals surface area (Å²) in [6, 6.07) is -1.03. The second-order valence-corrected chi connectivity index (χ2v) is 11.0. The Labute approximate surface area is 195 Å². The maximum Gasteiger partial charge on any atom is 0.327 e. The standard InChI is InChI=1S/C24H36N2O5S/c1-23-9-7-15(26-31-12-21(28)25-19(13-32)22(29)30)11-14(23)3-4-16-17-5-6-20(27)24(17,2)10-8-18(16)23/h11,16-20,27,32H,3-10,12-13H2,1-2H3,(H,25,28)(H,29,30)/b26-15+/t16-,17+,18+,19+,20+,23+,24+/m1/s1. The maximum absolute atomic E-state index is 11.9. The summed E-state index contributed by atoms with van der Waals surface area (Å²) in [6.45, 7) is 4.42. The number of oxime groups is 1. The quantitative estimate of drug-likeness (QED) is 0.357. The molecule has 8 heteroatoms. The zero-order valence-electron chi connectivity index (χ0n) is 19.0. The molecule has 0 radical (unpaired) electrons. The first-order valence-electron chi connectivity index (χ1n) is 11.9. The summed E-state index contributed by atoms with van der Waals surface area (Å²) in [6.07, 6.45) is 10.5. The fourth-order valence-corrected chi connectivity index (χ4v) is 7.46. The number of rotatable bonds is 6. The van der Waals surface area contributed by atoms with Gasteiger partial charge in [-0.25, -0.2) is 4.79 Å². The van der Waals surface area contributed by atoms with E-state index in [1.54, 1.807) is 0 Å². The van der Waals surface area contributed by atoms with Gasteiger partial charge < -0.3 is 20.4 Å². The molecule has 0 saturated heterocycles. The largest absolute Gasteiger partial charge is 0.480 e. The van der Waals surface area contributed by atoms with Crippen LogP contribution in [-0.4, -0.2) is 52.3 Å². The summed E-state index contributed by atoms with van der Waals surface area (Å²) in [4.78, 5) is 28.1. The van der Waals surface area contributed by atoms with Crippen LogP contribution in [0.25, 0.3) is 0 Å². The van der Waals surface area contributed by atoms with Gasteiger partial charge in [-0.05, 0) is 86.0 Å². The Kier molecular flexibility index (Phi) is 6.65. The molecule has 0 heterocycles. The third-order valence-electron chi connectivity index (χ3n) is 9.12. The molecule has 4 aliphatic rings. The molecule has 4 rings (SSSR count). The van der Waals surface area contributed by atoms with Crippen molar-refractivity contribution in [3.8, 4) is 0 Å². The number of nitrogens with one attached hydrogen (secondary N) is 1. The van der Waals surface area contributed by atoms with E-state index in [1.165, 1.54) is 18.4 Å². The Morgan fingerprint density at radius 2 is 2.00 bits per heavy atom. The highest BCUT2D eigenvalue weighted by molar-refractivity contribution is 7.80. The second kappa shape index (κ2) is 9.01. The van der Waals surface area contributed by atoms with Crippen LogP contribution >= 0.6 is 12.6 Å². The molecule has 7 nitrogen and oxygen atoms in total. The molecule has 0 aliphatic heterocycles. The number of fused-ring (bicyclic) bond motifs is 5. The van der Waals surface area contributed by atoms with Crippen LogP contribution in [0.3, 0.4) is 0 Å². The number of thiol groups is 1. The summed E-state index contributed by atoms with van der Waals surface area (Å²) in [5, 5.41) is 26.2. The number of allylic oxidation sites excluding steroid dienone is 2. The first-order chi connectivity index (χ1) is 15.2. The highest BCUT2D eigenvalue weighted by atomic mass is 32.1. The summed E-state index contributed by atoms with van der Waals surface area (Å²) in [5.74, 6) is 0.365. The minimum absolute atomic E-state index is 0.0153. The van der Waals surface area contributed by atoms with E-state index < -0.39 is 17.9 Å². The minimum atomic E-state index is -1.12. The summed E-state index contributed by atoms with van der Waals surface area (Å²) in [7, 11) is 0. The molecule has 1 amide bonds. The predicted octanol–water partition coefficient (Wildman–Crippen LogP) is 3.18. The molecular weight excluding hydrogens is 428 g/mol. The van der Waals surface area contributed by atoms with Crippen LogP contribution in [0.4, 0.5) is 0 Å². The fraction of sp³-hybridized carbons (Fsp3) is 0.792. The van der Waals surface area contributed by atoms with Gasteiger partial charge in [-0.3, -0.25) is 4.79 Å². The molecule has 4 aliphatic carbocycles. The van der Waals surface area contributed by atoms with Crippen LogP contribution in [-0.2, 0) is 14.4 Å². The first-order valence-corrected chi connectivity index (χ1v) is 12.5. The van der Waals surface area contributed by atoms with Gasteiger partial charge in [0.25, 0.3) is 5.91 Å². The Hall–Kier alpha value is -1.54. The van der Waals surface area contributed by atoms with Crippen molar-refractivity contribution < 1.29 is 24.6 Å². The van der Waals surface area contributed by atoms with E-state index in [4.69, 9.17) is 9.94 Å². The molecule has 3 fully saturated rings. The third-order valence-corrected chi connectivity index (χ3v) is 9.49. The van der Waals surface area contributed by atoms with Crippen LogP contribution in [0.5, 0.6) is 0 Å². The van der Waals surface area contributed by atoms with Crippen molar-refractivity contribution in [1.29, 1.82) is 0 Å². The number of carbonyl (C=O) groups is 2. The van der Waals surface area contributed by atoms with E-state index >= 15 is 0 Å². The highest BCUT2D eigenvalue weighted by Gasteiger charge is 2.58. The SMILES string of the molecule is C[C@]12CC[C@H]3[C@H](CCC4=C/C(=N/OCC(=O)N[C@@H](CS)C(=O)O)CC[C@@]43C)[C@@H]1CC[C@@H]2O. The lowest BCUT2D eigenvalue weighted by atomic mass is 9.47. The van der Waals surface area contributed by atoms with Crippen molar-refractivity contribution in [2.75, 3.05) is 12.4 Å². The van der Waals surface area contributed by atoms with Gasteiger partial charge in [0.15, 0.2) is 6.61 Å². The molecule has 3 N–H and O–H groups in total. The molecule has 3 saturated carbocycles. The predicted molar refractivity (Wildman–Crippen MR) is 125 cm³/mol. The van der Waals surface area contributed by atoms with E-state index in [-0.39, 0.29) is 29.3 Å². The number of nitrogens with zero attached hydrogens (tertiary/aromatic N) is 1. The summed E-state index contributed by atoms with van der Waals surface area (Å²) in [5.41, 5.74) is 2.57. The normalized spacial score (nSPS) is 40.5. The Balaban J connectivity index is 1.39. The van der Waals surface area contributed by atoms with Crippen molar-refractivity contribution in [3.05, 3.63) is 11.6 Å². The molecule has 0 aromatic carbocycles. The van der Waals surface area contributed by atoms with E-state index in [0.717, 1.165) is 44.2 Å². The average molecular weight is 465 g/mol. The van der Waals surface area contributed by atoms with Crippen molar-refractivity contribution in [2.45, 2.75) is 77.4 Å². The van der Waals surface area contributed by atoms with E-state index in [9.17, 15) is 14.7 Å². The molecule has 0 unspecified atom stereocenters. The number of aliphatic hydroxyl groups excluding tert-OH is 1. The first kappa shape index (κ1) is 23.6. The van der Waals surface area contributed by atoms with Crippen LogP contribution in [0, 0.1) is 28.6 Å². The number of aliphatic carboxylic acids is 1. The van der Waals surface area contributed by atoms with Crippen molar-refractivity contribution in [1.82, 2.24) is 5.32 Å². The van der Waals surface area contributed by atoms with Gasteiger partial charge in [-0.15, -0.1) is 0 Å². The van der Waals surface area contributed by atoms with Crippen molar-refractivity contribution in [3.63, 3.8) is 0 Å². The zero-order chi connectivity index (χ0) is 23.1. The van der Waals surface area contributed by atoms with Gasteiger partial charge in [0.2, 0.25) is 0 Å². The monoisotopic (exact) mass is 464 g/mol. The van der Waals surface area contributed by atoms with Crippen LogP contribution in [0.15, 0.2) is 16.8 Å². The Bertz CT molecular complexity index is 829. The van der Waals surface area contributed by atoms with Crippen molar-refractivity contribution >= 4 is 30.2 Å². The number of carbonyl (C=O) groups excluding carboxylic acids is 1. The number of amides is 1. The van der Waals surface area contributed by atoms with Gasteiger partial charge in [0.1, 0.15) is 6.04 Å². The summed E-state index contributed by atoms with van der Waals surface area (Å²) >= 11 is 3.93. The lowest BCUT2D eigenvalue weighted by Gasteiger charge is -2.57. The molecular formula is C24H36N2O5S. The number of hydrogen-bond acceptors (Lipinski definition) is 6. The molecule has 0 aromatic rings. The topological polar surface area (TPSA) is 108 Å². The maximum atomic E-state index is 11.9. The van der Waals surface area contributed by atoms with E-state index in [1.807, 2.05) is 0 Å². The van der Waals surface area contributed by atoms with Crippen LogP contribution in [0.2, 0.25) is 0 Å². The van der Waals surface area contributed by atoms with Gasteiger partial charge in [-0.1, -0.05) is 24.6 Å². The Morgan fingerprint density at radius 1 is 1.22 bits per heavy atom. The number of carboxylic acid groups (broad SMARTS) is 1. The molecule has 0 bridgehead atoms. The zero-order valence-corrected chi connectivity index (χ0v) is 19.9. The molecule has 0 aromatic heterocycles. The molecule has 7 atom stereocenters. The van der Waals surface area contributed by atoms with Crippen molar-refractivity contribution in [2.24, 2.45) is 33.7 Å². The lowest BCUT2D eigenvalue weighted by molar-refractivity contribution is -0.141. The van der Waals surface area contributed by atoms with Gasteiger partial charge >= 0.3 is 5.97 Å². The Morgan fingerprint density at radius 3 is 2.72 bits per heavy atom. The minimum Gasteiger partial charge on any atom is -0.480 e. The van der Waals surface area contributed by atoms with Gasteiger partial charge in [0, 0.05) is 5.75 Å². The van der Waals surface area contributed by atoms with Crippen LogP contribution < -0.4 is 5.32 Å². The average Bonchev–Trinajstić information content (AvgIpc) is 3.06. The smallest absolute Gasteiger partial charge is 0.327 e. The highest BCUT2D eigenvalue weighted by Crippen LogP contribution is 2.65. The summed E-state index contributed by atoms with van der Waals surface area (Å²) < 4.78 is 0. The fourth-order valence-electron chi connectivity index (χ4n) is 7.21. The number of carboxylic acids is 1. The van der Waals surface area contributed by atoms with E-state index in [2.05, 4.69) is 43.0 Å². The molecule has 178 valence electrons. The number of aliphatic hydroxyl groups is 1. The van der Waals surface area contributed by atoms with Gasteiger partial charge in [-0.2, -0.15) is 12.6 Å². The molecule has 32 heavy (non-hydrogen) atoms. The van der Waals surface area contributed by atoms with E-state index in [0.29, 0.717) is 17.8 Å².